The van der Waals surface area contributed by atoms with Gasteiger partial charge in [0.25, 0.3) is 0 Å². The highest BCUT2D eigenvalue weighted by Gasteiger charge is 2.17. The normalized spacial score (nSPS) is 12.1. The predicted octanol–water partition coefficient (Wildman–Crippen LogP) is 2.29. The molecule has 0 unspecified atom stereocenters. The van der Waals surface area contributed by atoms with Crippen LogP contribution in [0, 0.1) is 0 Å². The first kappa shape index (κ1) is 20.9. The average molecular weight is 328 g/mol. The Morgan fingerprint density at radius 2 is 2.05 bits per heavy atom. The molecule has 3 N–H and O–H groups in total. The molecule has 1 aromatic rings. The molecule has 1 aromatic heterocycles. The van der Waals surface area contributed by atoms with E-state index in [2.05, 4.69) is 36.5 Å². The molecule has 19 heavy (non-hydrogen) atoms. The standard InChI is InChI=1S/C12H21N3OS.2ClH/c1-8(13)11(16)14-6-5-10-15-9(7-17-10)12(2,3)4;;/h7-8H,5-6,13H2,1-4H3,(H,14,16);2*1H/t8-;;/m1../s1. The van der Waals surface area contributed by atoms with Gasteiger partial charge in [-0.3, -0.25) is 4.79 Å². The molecule has 0 aromatic carbocycles. The van der Waals surface area contributed by atoms with Crippen molar-refractivity contribution < 1.29 is 4.79 Å². The summed E-state index contributed by atoms with van der Waals surface area (Å²) in [6.45, 7) is 8.70. The van der Waals surface area contributed by atoms with Gasteiger partial charge in [0.2, 0.25) is 5.91 Å². The van der Waals surface area contributed by atoms with Crippen LogP contribution in [0.2, 0.25) is 0 Å². The van der Waals surface area contributed by atoms with E-state index in [0.717, 1.165) is 17.1 Å². The van der Waals surface area contributed by atoms with E-state index in [1.165, 1.54) is 0 Å². The second kappa shape index (κ2) is 8.74. The Hall–Kier alpha value is -0.360. The monoisotopic (exact) mass is 327 g/mol. The Kier molecular flexibility index (Phi) is 9.64. The number of carbonyl (C=O) groups is 1. The smallest absolute Gasteiger partial charge is 0.236 e. The number of thiazole rings is 1. The molecule has 0 saturated carbocycles. The third kappa shape index (κ3) is 7.11. The summed E-state index contributed by atoms with van der Waals surface area (Å²) < 4.78 is 0. The Labute approximate surface area is 131 Å². The van der Waals surface area contributed by atoms with Gasteiger partial charge in [0, 0.05) is 23.8 Å². The predicted molar refractivity (Wildman–Crippen MR) is 85.7 cm³/mol. The van der Waals surface area contributed by atoms with Crippen LogP contribution in [-0.2, 0) is 16.6 Å². The van der Waals surface area contributed by atoms with Crippen LogP contribution in [0.1, 0.15) is 38.4 Å². The van der Waals surface area contributed by atoms with Crippen LogP contribution in [-0.4, -0.2) is 23.5 Å². The van der Waals surface area contributed by atoms with Gasteiger partial charge in [-0.25, -0.2) is 4.98 Å². The lowest BCUT2D eigenvalue weighted by Gasteiger charge is -2.14. The van der Waals surface area contributed by atoms with Gasteiger partial charge in [0.15, 0.2) is 0 Å². The second-order valence-electron chi connectivity index (χ2n) is 5.21. The summed E-state index contributed by atoms with van der Waals surface area (Å²) in [5.74, 6) is -0.113. The molecule has 0 spiro atoms. The van der Waals surface area contributed by atoms with Gasteiger partial charge in [0.1, 0.15) is 0 Å². The highest BCUT2D eigenvalue weighted by Crippen LogP contribution is 2.23. The Bertz CT molecular complexity index is 389. The van der Waals surface area contributed by atoms with E-state index in [1.54, 1.807) is 18.3 Å². The number of carbonyl (C=O) groups excluding carboxylic acids is 1. The van der Waals surface area contributed by atoms with Crippen molar-refractivity contribution in [3.05, 3.63) is 16.1 Å². The number of nitrogens with two attached hydrogens (primary N) is 1. The first-order valence-corrected chi connectivity index (χ1v) is 6.67. The maximum atomic E-state index is 11.2. The number of halogens is 2. The van der Waals surface area contributed by atoms with Crippen molar-refractivity contribution in [3.8, 4) is 0 Å². The molecule has 0 aliphatic heterocycles. The first-order valence-electron chi connectivity index (χ1n) is 5.79. The molecule has 0 saturated heterocycles. The number of amides is 1. The molecule has 0 aliphatic carbocycles. The number of hydrogen-bond acceptors (Lipinski definition) is 4. The Morgan fingerprint density at radius 3 is 2.47 bits per heavy atom. The quantitative estimate of drug-likeness (QED) is 0.891. The number of aromatic nitrogens is 1. The van der Waals surface area contributed by atoms with Crippen LogP contribution in [0.3, 0.4) is 0 Å². The van der Waals surface area contributed by atoms with E-state index in [9.17, 15) is 4.79 Å². The van der Waals surface area contributed by atoms with Gasteiger partial charge in [-0.05, 0) is 6.92 Å². The van der Waals surface area contributed by atoms with Crippen molar-refractivity contribution in [3.63, 3.8) is 0 Å². The lowest BCUT2D eigenvalue weighted by molar-refractivity contribution is -0.121. The van der Waals surface area contributed by atoms with Gasteiger partial charge in [-0.15, -0.1) is 36.2 Å². The summed E-state index contributed by atoms with van der Waals surface area (Å²) >= 11 is 1.64. The second-order valence-corrected chi connectivity index (χ2v) is 6.15. The fourth-order valence-electron chi connectivity index (χ4n) is 1.22. The Balaban J connectivity index is 0. The maximum absolute atomic E-state index is 11.2. The molecule has 1 heterocycles. The Morgan fingerprint density at radius 1 is 1.47 bits per heavy atom. The zero-order chi connectivity index (χ0) is 13.1. The molecule has 1 rings (SSSR count). The molecule has 0 radical (unpaired) electrons. The van der Waals surface area contributed by atoms with Gasteiger partial charge >= 0.3 is 0 Å². The molecule has 0 bridgehead atoms. The SMILES string of the molecule is C[C@@H](N)C(=O)NCCc1nc(C(C)(C)C)cs1.Cl.Cl. The number of nitrogens with one attached hydrogen (secondary N) is 1. The lowest BCUT2D eigenvalue weighted by Crippen LogP contribution is -2.39. The van der Waals surface area contributed by atoms with Crippen LogP contribution in [0.15, 0.2) is 5.38 Å². The topological polar surface area (TPSA) is 68.0 Å². The summed E-state index contributed by atoms with van der Waals surface area (Å²) in [6, 6.07) is -0.448. The number of nitrogens with zero attached hydrogens (tertiary/aromatic N) is 1. The van der Waals surface area contributed by atoms with E-state index in [-0.39, 0.29) is 36.1 Å². The highest BCUT2D eigenvalue weighted by molar-refractivity contribution is 7.09. The fraction of sp³-hybridized carbons (Fsp3) is 0.667. The van der Waals surface area contributed by atoms with E-state index >= 15 is 0 Å². The van der Waals surface area contributed by atoms with Crippen molar-refractivity contribution >= 4 is 42.1 Å². The molecule has 4 nitrogen and oxygen atoms in total. The van der Waals surface area contributed by atoms with Crippen LogP contribution >= 0.6 is 36.2 Å². The lowest BCUT2D eigenvalue weighted by atomic mass is 9.93. The van der Waals surface area contributed by atoms with E-state index < -0.39 is 6.04 Å². The van der Waals surface area contributed by atoms with Gasteiger partial charge in [0.05, 0.1) is 16.7 Å². The largest absolute Gasteiger partial charge is 0.354 e. The highest BCUT2D eigenvalue weighted by atomic mass is 35.5. The van der Waals surface area contributed by atoms with Crippen molar-refractivity contribution in [2.45, 2.75) is 45.6 Å². The molecule has 112 valence electrons. The van der Waals surface area contributed by atoms with Crippen LogP contribution in [0.25, 0.3) is 0 Å². The zero-order valence-corrected chi connectivity index (χ0v) is 14.2. The maximum Gasteiger partial charge on any atom is 0.236 e. The molecule has 1 atom stereocenters. The summed E-state index contributed by atoms with van der Waals surface area (Å²) in [7, 11) is 0. The van der Waals surface area contributed by atoms with E-state index in [4.69, 9.17) is 5.73 Å². The van der Waals surface area contributed by atoms with Gasteiger partial charge in [-0.1, -0.05) is 20.8 Å². The molecule has 0 fully saturated rings. The summed E-state index contributed by atoms with van der Waals surface area (Å²) in [6.07, 6.45) is 0.763. The third-order valence-corrected chi connectivity index (χ3v) is 3.28. The van der Waals surface area contributed by atoms with Crippen molar-refractivity contribution in [2.75, 3.05) is 6.54 Å². The average Bonchev–Trinajstić information content (AvgIpc) is 2.65. The number of hydrogen-bond donors (Lipinski definition) is 2. The molecular weight excluding hydrogens is 305 g/mol. The van der Waals surface area contributed by atoms with Crippen LogP contribution < -0.4 is 11.1 Å². The van der Waals surface area contributed by atoms with Crippen molar-refractivity contribution in [1.82, 2.24) is 10.3 Å². The van der Waals surface area contributed by atoms with Crippen LogP contribution in [0.5, 0.6) is 0 Å². The third-order valence-electron chi connectivity index (χ3n) is 2.37. The molecular formula is C12H23Cl2N3OS. The molecule has 7 heteroatoms. The zero-order valence-electron chi connectivity index (χ0n) is 11.7. The summed E-state index contributed by atoms with van der Waals surface area (Å²) in [4.78, 5) is 15.8. The first-order chi connectivity index (χ1) is 7.80. The van der Waals surface area contributed by atoms with Crippen molar-refractivity contribution in [2.24, 2.45) is 5.73 Å². The molecule has 1 amide bonds. The minimum Gasteiger partial charge on any atom is -0.354 e. The van der Waals surface area contributed by atoms with Crippen molar-refractivity contribution in [1.29, 1.82) is 0 Å². The van der Waals surface area contributed by atoms with E-state index in [0.29, 0.717) is 6.54 Å². The number of rotatable bonds is 4. The van der Waals surface area contributed by atoms with E-state index in [1.807, 2.05) is 0 Å². The fourth-order valence-corrected chi connectivity index (χ4v) is 2.25. The molecule has 0 aliphatic rings. The minimum atomic E-state index is -0.448. The summed E-state index contributed by atoms with van der Waals surface area (Å²) in [5.41, 5.74) is 6.65. The van der Waals surface area contributed by atoms with Gasteiger partial charge in [-0.2, -0.15) is 0 Å². The van der Waals surface area contributed by atoms with Gasteiger partial charge < -0.3 is 11.1 Å². The van der Waals surface area contributed by atoms with Crippen LogP contribution in [0.4, 0.5) is 0 Å². The minimum absolute atomic E-state index is 0. The summed E-state index contributed by atoms with van der Waals surface area (Å²) in [5, 5.41) is 5.92.